The van der Waals surface area contributed by atoms with Crippen molar-refractivity contribution >= 4 is 28.9 Å². The summed E-state index contributed by atoms with van der Waals surface area (Å²) in [5.74, 6) is -1.45. The van der Waals surface area contributed by atoms with Gasteiger partial charge in [0, 0.05) is 10.9 Å². The zero-order valence-corrected chi connectivity index (χ0v) is 16.1. The van der Waals surface area contributed by atoms with E-state index in [-0.39, 0.29) is 12.2 Å². The largest absolute Gasteiger partial charge is 0.452 e. The highest BCUT2D eigenvalue weighted by molar-refractivity contribution is 6.05. The number of aromatic nitrogens is 1. The van der Waals surface area contributed by atoms with Gasteiger partial charge in [-0.1, -0.05) is 48.0 Å². The molecule has 0 aliphatic carbocycles. The second-order valence-electron chi connectivity index (χ2n) is 6.28. The summed E-state index contributed by atoms with van der Waals surface area (Å²) in [6.07, 6.45) is -0.885. The number of para-hydroxylation sites is 1. The van der Waals surface area contributed by atoms with Crippen LogP contribution < -0.4 is 5.32 Å². The number of nitrogens with zero attached hydrogens (tertiary/aromatic N) is 1. The van der Waals surface area contributed by atoms with E-state index < -0.39 is 24.6 Å². The van der Waals surface area contributed by atoms with E-state index in [0.717, 1.165) is 11.1 Å². The number of aryl methyl sites for hydroxylation is 1. The summed E-state index contributed by atoms with van der Waals surface area (Å²) in [7, 11) is 0. The second kappa shape index (κ2) is 8.97. The molecule has 0 aliphatic rings. The summed E-state index contributed by atoms with van der Waals surface area (Å²) in [4.78, 5) is 40.3. The lowest BCUT2D eigenvalue weighted by Gasteiger charge is -2.10. The molecule has 2 amide bonds. The highest BCUT2D eigenvalue weighted by atomic mass is 16.6. The number of fused-ring (bicyclic) bond motifs is 1. The van der Waals surface area contributed by atoms with Crippen LogP contribution in [0.3, 0.4) is 0 Å². The molecule has 7 heteroatoms. The third-order valence-corrected chi connectivity index (χ3v) is 4.13. The first-order valence-electron chi connectivity index (χ1n) is 9.08. The fraction of sp³-hybridized carbons (Fsp3) is 0.182. The number of rotatable bonds is 5. The number of alkyl carbamates (subject to hydrolysis) is 1. The highest BCUT2D eigenvalue weighted by Gasteiger charge is 2.17. The predicted molar refractivity (Wildman–Crippen MR) is 107 cm³/mol. The van der Waals surface area contributed by atoms with E-state index in [4.69, 9.17) is 4.74 Å². The summed E-state index contributed by atoms with van der Waals surface area (Å²) < 4.78 is 9.72. The first-order valence-corrected chi connectivity index (χ1v) is 9.08. The molecule has 0 saturated carbocycles. The fourth-order valence-electron chi connectivity index (χ4n) is 2.74. The third-order valence-electron chi connectivity index (χ3n) is 4.13. The van der Waals surface area contributed by atoms with Crippen molar-refractivity contribution in [1.29, 1.82) is 0 Å². The molecule has 1 N–H and O–H groups in total. The second-order valence-corrected chi connectivity index (χ2v) is 6.28. The average molecular weight is 392 g/mol. The molecule has 0 unspecified atom stereocenters. The van der Waals surface area contributed by atoms with Crippen molar-refractivity contribution in [1.82, 2.24) is 10.3 Å². The standard InChI is InChI=1S/C22H20N2O5/c1-3-28-22(27)24-20(25)13-29-21(26)17-12-19(15-10-8-14(2)9-11-15)23-18-7-5-4-6-16(17)18/h4-12H,3,13H2,1-2H3,(H,24,25,27). The monoisotopic (exact) mass is 392 g/mol. The van der Waals surface area contributed by atoms with Gasteiger partial charge in [-0.25, -0.2) is 14.6 Å². The van der Waals surface area contributed by atoms with Gasteiger partial charge in [0.2, 0.25) is 0 Å². The van der Waals surface area contributed by atoms with Gasteiger partial charge in [0.25, 0.3) is 5.91 Å². The smallest absolute Gasteiger partial charge is 0.413 e. The van der Waals surface area contributed by atoms with Crippen molar-refractivity contribution in [3.05, 3.63) is 65.7 Å². The Morgan fingerprint density at radius 2 is 1.72 bits per heavy atom. The first-order chi connectivity index (χ1) is 14.0. The lowest BCUT2D eigenvalue weighted by molar-refractivity contribution is -0.123. The minimum Gasteiger partial charge on any atom is -0.452 e. The summed E-state index contributed by atoms with van der Waals surface area (Å²) >= 11 is 0. The molecule has 0 radical (unpaired) electrons. The zero-order valence-electron chi connectivity index (χ0n) is 16.1. The van der Waals surface area contributed by atoms with Crippen LogP contribution in [0.5, 0.6) is 0 Å². The molecule has 0 fully saturated rings. The molecule has 0 atom stereocenters. The topological polar surface area (TPSA) is 94.6 Å². The molecular weight excluding hydrogens is 372 g/mol. The lowest BCUT2D eigenvalue weighted by atomic mass is 10.0. The van der Waals surface area contributed by atoms with E-state index in [2.05, 4.69) is 9.72 Å². The van der Waals surface area contributed by atoms with Gasteiger partial charge in [-0.05, 0) is 26.0 Å². The normalized spacial score (nSPS) is 10.4. The van der Waals surface area contributed by atoms with Crippen molar-refractivity contribution < 1.29 is 23.9 Å². The molecule has 148 valence electrons. The number of carbonyl (C=O) groups is 3. The summed E-state index contributed by atoms with van der Waals surface area (Å²) in [6.45, 7) is 3.13. The number of esters is 1. The van der Waals surface area contributed by atoms with Crippen LogP contribution in [-0.2, 0) is 14.3 Å². The van der Waals surface area contributed by atoms with Crippen LogP contribution in [0.4, 0.5) is 4.79 Å². The van der Waals surface area contributed by atoms with Crippen molar-refractivity contribution in [2.24, 2.45) is 0 Å². The number of hydrogen-bond donors (Lipinski definition) is 1. The molecule has 0 aliphatic heterocycles. The van der Waals surface area contributed by atoms with Crippen molar-refractivity contribution in [3.63, 3.8) is 0 Å². The van der Waals surface area contributed by atoms with Gasteiger partial charge in [0.1, 0.15) is 0 Å². The number of nitrogens with one attached hydrogen (secondary N) is 1. The van der Waals surface area contributed by atoms with Crippen LogP contribution in [0, 0.1) is 6.92 Å². The zero-order chi connectivity index (χ0) is 20.8. The van der Waals surface area contributed by atoms with Crippen molar-refractivity contribution in [2.45, 2.75) is 13.8 Å². The molecular formula is C22H20N2O5. The van der Waals surface area contributed by atoms with Crippen LogP contribution in [0.15, 0.2) is 54.6 Å². The van der Waals surface area contributed by atoms with E-state index in [1.807, 2.05) is 42.6 Å². The molecule has 0 saturated heterocycles. The van der Waals surface area contributed by atoms with Crippen LogP contribution in [-0.4, -0.2) is 36.2 Å². The maximum absolute atomic E-state index is 12.7. The SMILES string of the molecule is CCOC(=O)NC(=O)COC(=O)c1cc(-c2ccc(C)cc2)nc2ccccc12. The van der Waals surface area contributed by atoms with Gasteiger partial charge in [-0.15, -0.1) is 0 Å². The van der Waals surface area contributed by atoms with Gasteiger partial charge in [-0.3, -0.25) is 10.1 Å². The fourth-order valence-corrected chi connectivity index (χ4v) is 2.74. The molecule has 2 aromatic carbocycles. The Hall–Kier alpha value is -3.74. The Morgan fingerprint density at radius 1 is 1.00 bits per heavy atom. The molecule has 3 aromatic rings. The van der Waals surface area contributed by atoms with E-state index in [1.54, 1.807) is 31.2 Å². The highest BCUT2D eigenvalue weighted by Crippen LogP contribution is 2.25. The molecule has 0 spiro atoms. The maximum atomic E-state index is 12.7. The number of imide groups is 1. The molecule has 1 heterocycles. The molecule has 7 nitrogen and oxygen atoms in total. The van der Waals surface area contributed by atoms with Crippen molar-refractivity contribution in [3.8, 4) is 11.3 Å². The van der Waals surface area contributed by atoms with E-state index in [1.165, 1.54) is 0 Å². The Morgan fingerprint density at radius 3 is 2.45 bits per heavy atom. The Labute approximate surface area is 167 Å². The summed E-state index contributed by atoms with van der Waals surface area (Å²) in [5, 5.41) is 2.59. The average Bonchev–Trinajstić information content (AvgIpc) is 2.72. The van der Waals surface area contributed by atoms with E-state index >= 15 is 0 Å². The molecule has 29 heavy (non-hydrogen) atoms. The minimum absolute atomic E-state index is 0.129. The number of carbonyl (C=O) groups excluding carboxylic acids is 3. The molecule has 0 bridgehead atoms. The van der Waals surface area contributed by atoms with Gasteiger partial charge < -0.3 is 9.47 Å². The Balaban J connectivity index is 1.85. The van der Waals surface area contributed by atoms with Gasteiger partial charge in [0.15, 0.2) is 6.61 Å². The van der Waals surface area contributed by atoms with Crippen LogP contribution in [0.2, 0.25) is 0 Å². The first kappa shape index (κ1) is 20.0. The summed E-state index contributed by atoms with van der Waals surface area (Å²) in [5.41, 5.74) is 3.51. The Bertz CT molecular complexity index is 1060. The number of ether oxygens (including phenoxy) is 2. The predicted octanol–water partition coefficient (Wildman–Crippen LogP) is 3.64. The van der Waals surface area contributed by atoms with E-state index in [0.29, 0.717) is 16.6 Å². The molecule has 3 rings (SSSR count). The van der Waals surface area contributed by atoms with Gasteiger partial charge in [-0.2, -0.15) is 0 Å². The number of benzene rings is 2. The number of hydrogen-bond acceptors (Lipinski definition) is 6. The van der Waals surface area contributed by atoms with Gasteiger partial charge in [0.05, 0.1) is 23.4 Å². The van der Waals surface area contributed by atoms with Crippen LogP contribution in [0.1, 0.15) is 22.8 Å². The quantitative estimate of drug-likeness (QED) is 0.666. The minimum atomic E-state index is -0.885. The maximum Gasteiger partial charge on any atom is 0.413 e. The van der Waals surface area contributed by atoms with Crippen LogP contribution >= 0.6 is 0 Å². The van der Waals surface area contributed by atoms with Crippen LogP contribution in [0.25, 0.3) is 22.2 Å². The third kappa shape index (κ3) is 4.95. The number of pyridine rings is 1. The van der Waals surface area contributed by atoms with Crippen molar-refractivity contribution in [2.75, 3.05) is 13.2 Å². The Kier molecular flexibility index (Phi) is 6.19. The lowest BCUT2D eigenvalue weighted by Crippen LogP contribution is -2.34. The van der Waals surface area contributed by atoms with Gasteiger partial charge >= 0.3 is 12.1 Å². The molecule has 1 aromatic heterocycles. The van der Waals surface area contributed by atoms with E-state index in [9.17, 15) is 14.4 Å². The summed E-state index contributed by atoms with van der Waals surface area (Å²) in [6, 6.07) is 16.6. The number of amides is 2.